The Labute approximate surface area is 110 Å². The monoisotopic (exact) mass is 422 g/mol. The molecule has 0 unspecified atom stereocenters. The van der Waals surface area contributed by atoms with E-state index in [0.717, 1.165) is 0 Å². The van der Waals surface area contributed by atoms with Gasteiger partial charge in [0.05, 0.1) is 0 Å². The van der Waals surface area contributed by atoms with Gasteiger partial charge in [0.15, 0.2) is 20.2 Å². The first-order chi connectivity index (χ1) is 6.50. The molecule has 0 heterocycles. The second-order valence-electron chi connectivity index (χ2n) is 1.80. The second-order valence-corrected chi connectivity index (χ2v) is 4.54. The van der Waals surface area contributed by atoms with Crippen molar-refractivity contribution in [3.63, 3.8) is 0 Å². The number of rotatable bonds is 0. The molecular weight excluding hydrogens is 417 g/mol. The summed E-state index contributed by atoms with van der Waals surface area (Å²) in [5.41, 5.74) is -11.3. The van der Waals surface area contributed by atoms with Crippen molar-refractivity contribution in [3.8, 4) is 0 Å². The van der Waals surface area contributed by atoms with E-state index in [-0.39, 0.29) is 26.8 Å². The molecule has 0 aliphatic heterocycles. The molecule has 2 radical (unpaired) electrons. The summed E-state index contributed by atoms with van der Waals surface area (Å²) in [6.07, 6.45) is 0. The van der Waals surface area contributed by atoms with Crippen LogP contribution in [0.4, 0.5) is 26.3 Å². The summed E-state index contributed by atoms with van der Waals surface area (Å²) in [6, 6.07) is 0. The molecule has 0 aromatic rings. The molecule has 17 heavy (non-hydrogen) atoms. The van der Waals surface area contributed by atoms with Crippen LogP contribution < -0.4 is 0 Å². The zero-order valence-corrected chi connectivity index (χ0v) is 11.5. The van der Waals surface area contributed by atoms with Crippen LogP contribution in [0.3, 0.4) is 0 Å². The van der Waals surface area contributed by atoms with E-state index in [1.165, 1.54) is 0 Å². The Morgan fingerprint density at radius 2 is 0.765 bits per heavy atom. The van der Waals surface area contributed by atoms with Crippen LogP contribution in [0.25, 0.3) is 0 Å². The van der Waals surface area contributed by atoms with Gasteiger partial charge in [-0.05, 0) is 0 Å². The van der Waals surface area contributed by atoms with E-state index >= 15 is 0 Å². The standard InChI is InChI=1S/2CHF3O3S.Sn.2H2/c2*2-1(3,4)8(5,6)7;;;/h2*(H,5,6,7);;2*1H/q;;+2;;/p-2. The summed E-state index contributed by atoms with van der Waals surface area (Å²) < 4.78 is 118. The molecule has 0 aromatic heterocycles. The van der Waals surface area contributed by atoms with E-state index in [0.29, 0.717) is 0 Å². The minimum absolute atomic E-state index is 0. The fourth-order valence-electron chi connectivity index (χ4n) is 0. The van der Waals surface area contributed by atoms with Gasteiger partial charge < -0.3 is 9.11 Å². The van der Waals surface area contributed by atoms with Crippen LogP contribution in [-0.2, 0) is 20.2 Å². The fraction of sp³-hybridized carbons (Fsp3) is 1.00. The van der Waals surface area contributed by atoms with Crippen LogP contribution in [-0.4, -0.2) is 60.9 Å². The molecule has 0 bridgehead atoms. The summed E-state index contributed by atoms with van der Waals surface area (Å²) in [7, 11) is -12.2. The fourth-order valence-corrected chi connectivity index (χ4v) is 0. The molecule has 106 valence electrons. The second kappa shape index (κ2) is 6.39. The van der Waals surface area contributed by atoms with Crippen molar-refractivity contribution in [1.82, 2.24) is 0 Å². The summed E-state index contributed by atoms with van der Waals surface area (Å²) in [5.74, 6) is 0. The van der Waals surface area contributed by atoms with E-state index in [4.69, 9.17) is 25.9 Å². The Morgan fingerprint density at radius 1 is 0.706 bits per heavy atom. The Kier molecular flexibility index (Phi) is 8.41. The Morgan fingerprint density at radius 3 is 0.765 bits per heavy atom. The van der Waals surface area contributed by atoms with E-state index < -0.39 is 31.3 Å². The Balaban J connectivity index is -0.0000000594. The molecule has 0 saturated heterocycles. The zero-order valence-electron chi connectivity index (χ0n) is 7.03. The topological polar surface area (TPSA) is 114 Å². The Hall–Kier alpha value is 0.199. The van der Waals surface area contributed by atoms with Gasteiger partial charge in [-0.15, -0.1) is 0 Å². The van der Waals surface area contributed by atoms with E-state index in [1.807, 2.05) is 0 Å². The molecule has 0 N–H and O–H groups in total. The van der Waals surface area contributed by atoms with E-state index in [2.05, 4.69) is 0 Å². The largest absolute Gasteiger partial charge is 2.00 e. The van der Waals surface area contributed by atoms with Crippen LogP contribution in [0.15, 0.2) is 0 Å². The van der Waals surface area contributed by atoms with Crippen LogP contribution in [0, 0.1) is 0 Å². The molecule has 0 fully saturated rings. The van der Waals surface area contributed by atoms with Gasteiger partial charge in [0.25, 0.3) is 0 Å². The van der Waals surface area contributed by atoms with Crippen LogP contribution >= 0.6 is 0 Å². The average molecular weight is 421 g/mol. The molecule has 0 amide bonds. The maximum atomic E-state index is 10.7. The van der Waals surface area contributed by atoms with Gasteiger partial charge >= 0.3 is 34.9 Å². The van der Waals surface area contributed by atoms with Gasteiger partial charge in [-0.1, -0.05) is 0 Å². The van der Waals surface area contributed by atoms with Crippen molar-refractivity contribution in [2.24, 2.45) is 0 Å². The van der Waals surface area contributed by atoms with Gasteiger partial charge in [-0.3, -0.25) is 0 Å². The van der Waals surface area contributed by atoms with Crippen LogP contribution in [0.2, 0.25) is 0 Å². The minimum Gasteiger partial charge on any atom is -0.741 e. The first-order valence-electron chi connectivity index (χ1n) is 2.54. The van der Waals surface area contributed by atoms with Crippen LogP contribution in [0.1, 0.15) is 2.85 Å². The first-order valence-corrected chi connectivity index (χ1v) is 5.36. The normalized spacial score (nSPS) is 13.2. The number of alkyl halides is 6. The predicted molar refractivity (Wildman–Crippen MR) is 41.5 cm³/mol. The van der Waals surface area contributed by atoms with Crippen LogP contribution in [0.5, 0.6) is 0 Å². The first kappa shape index (κ1) is 22.4. The minimum atomic E-state index is -6.09. The summed E-state index contributed by atoms with van der Waals surface area (Å²) >= 11 is 0. The summed E-state index contributed by atoms with van der Waals surface area (Å²) in [4.78, 5) is 0. The molecule has 6 nitrogen and oxygen atoms in total. The predicted octanol–water partition coefficient (Wildman–Crippen LogP) is 0.214. The molecular formula is C2H4F6O6S2Sn. The number of halogens is 6. The summed E-state index contributed by atoms with van der Waals surface area (Å²) in [5, 5.41) is 0. The quantitative estimate of drug-likeness (QED) is 0.239. The van der Waals surface area contributed by atoms with Crippen molar-refractivity contribution in [3.05, 3.63) is 0 Å². The molecule has 0 saturated carbocycles. The smallest absolute Gasteiger partial charge is 0.741 e. The third kappa shape index (κ3) is 9.86. The molecule has 0 aliphatic carbocycles. The molecule has 0 atom stereocenters. The third-order valence-corrected chi connectivity index (χ3v) is 1.70. The van der Waals surface area contributed by atoms with Crippen molar-refractivity contribution >= 4 is 44.1 Å². The number of hydrogen-bond donors (Lipinski definition) is 0. The van der Waals surface area contributed by atoms with Gasteiger partial charge in [-0.25, -0.2) is 16.8 Å². The van der Waals surface area contributed by atoms with Crippen molar-refractivity contribution in [1.29, 1.82) is 0 Å². The maximum Gasteiger partial charge on any atom is 2.00 e. The molecule has 0 spiro atoms. The molecule has 15 heteroatoms. The molecule has 0 aliphatic rings. The maximum absolute atomic E-state index is 10.7. The van der Waals surface area contributed by atoms with Gasteiger partial charge in [-0.2, -0.15) is 26.3 Å². The number of hydrogen-bond acceptors (Lipinski definition) is 6. The SMILES string of the molecule is O=S(=O)([O-])C(F)(F)F.O=S(=O)([O-])C(F)(F)F.[HH].[HH].[Sn+2]. The van der Waals surface area contributed by atoms with Gasteiger partial charge in [0.1, 0.15) is 0 Å². The third-order valence-electron chi connectivity index (χ3n) is 0.567. The van der Waals surface area contributed by atoms with Gasteiger partial charge in [0, 0.05) is 2.85 Å². The van der Waals surface area contributed by atoms with E-state index in [9.17, 15) is 26.3 Å². The van der Waals surface area contributed by atoms with E-state index in [1.54, 1.807) is 0 Å². The molecule has 0 rings (SSSR count). The summed E-state index contributed by atoms with van der Waals surface area (Å²) in [6.45, 7) is 0. The van der Waals surface area contributed by atoms with Crippen molar-refractivity contribution in [2.75, 3.05) is 0 Å². The van der Waals surface area contributed by atoms with Crippen molar-refractivity contribution in [2.45, 2.75) is 11.0 Å². The van der Waals surface area contributed by atoms with Gasteiger partial charge in [0.2, 0.25) is 0 Å². The molecule has 0 aromatic carbocycles. The average Bonchev–Trinajstić information content (AvgIpc) is 1.77. The van der Waals surface area contributed by atoms with Crippen molar-refractivity contribution < 1.29 is 55.1 Å². The Bertz CT molecular complexity index is 384. The zero-order chi connectivity index (χ0) is 14.0.